The summed E-state index contributed by atoms with van der Waals surface area (Å²) in [4.78, 5) is 12.7. The molecule has 0 saturated heterocycles. The molecule has 1 aromatic heterocycles. The second-order valence-corrected chi connectivity index (χ2v) is 4.09. The van der Waals surface area contributed by atoms with Gasteiger partial charge in [0.15, 0.2) is 0 Å². The van der Waals surface area contributed by atoms with Crippen molar-refractivity contribution in [3.05, 3.63) is 11.9 Å². The van der Waals surface area contributed by atoms with Gasteiger partial charge in [-0.15, -0.1) is 0 Å². The Balaban J connectivity index is 2.71. The molecule has 9 heteroatoms. The van der Waals surface area contributed by atoms with E-state index in [0.717, 1.165) is 0 Å². The fourth-order valence-electron chi connectivity index (χ4n) is 1.60. The van der Waals surface area contributed by atoms with Gasteiger partial charge in [-0.25, -0.2) is 0 Å². The third kappa shape index (κ3) is 5.08. The molecule has 0 fully saturated rings. The maximum Gasteiger partial charge on any atom is 0.406 e. The molecule has 0 aliphatic carbocycles. The number of anilines is 1. The highest BCUT2D eigenvalue weighted by Crippen LogP contribution is 2.19. The van der Waals surface area contributed by atoms with Gasteiger partial charge in [-0.2, -0.15) is 18.3 Å². The standard InChI is InChI=1S/C11H17F3N4O2/c1-2-20-5-3-4-18(7-11(12,13)14)10(19)9-8(15)6-16-17-9/h6H,2-5,7,15H2,1H3,(H,16,17). The van der Waals surface area contributed by atoms with Crippen molar-refractivity contribution in [3.63, 3.8) is 0 Å². The lowest BCUT2D eigenvalue weighted by atomic mass is 10.3. The minimum Gasteiger partial charge on any atom is -0.396 e. The van der Waals surface area contributed by atoms with Crippen LogP contribution in [0.3, 0.4) is 0 Å². The number of nitrogen functional groups attached to an aromatic ring is 1. The number of nitrogens with zero attached hydrogens (tertiary/aromatic N) is 2. The molecule has 0 spiro atoms. The molecule has 6 nitrogen and oxygen atoms in total. The van der Waals surface area contributed by atoms with Crippen molar-refractivity contribution in [2.45, 2.75) is 19.5 Å². The zero-order valence-corrected chi connectivity index (χ0v) is 11.0. The van der Waals surface area contributed by atoms with Gasteiger partial charge in [0.05, 0.1) is 11.9 Å². The average Bonchev–Trinajstić information content (AvgIpc) is 2.77. The number of amides is 1. The van der Waals surface area contributed by atoms with E-state index in [9.17, 15) is 18.0 Å². The largest absolute Gasteiger partial charge is 0.406 e. The van der Waals surface area contributed by atoms with Crippen molar-refractivity contribution >= 4 is 11.6 Å². The number of hydrogen-bond acceptors (Lipinski definition) is 4. The van der Waals surface area contributed by atoms with Gasteiger partial charge in [0, 0.05) is 19.8 Å². The lowest BCUT2D eigenvalue weighted by Gasteiger charge is -2.23. The number of carbonyl (C=O) groups is 1. The van der Waals surface area contributed by atoms with Gasteiger partial charge < -0.3 is 15.4 Å². The van der Waals surface area contributed by atoms with E-state index < -0.39 is 18.6 Å². The molecule has 114 valence electrons. The molecule has 0 atom stereocenters. The van der Waals surface area contributed by atoms with E-state index in [0.29, 0.717) is 17.9 Å². The van der Waals surface area contributed by atoms with Gasteiger partial charge in [-0.3, -0.25) is 9.89 Å². The van der Waals surface area contributed by atoms with Gasteiger partial charge in [0.2, 0.25) is 0 Å². The average molecular weight is 294 g/mol. The summed E-state index contributed by atoms with van der Waals surface area (Å²) in [5.41, 5.74) is 5.36. The van der Waals surface area contributed by atoms with Crippen LogP contribution < -0.4 is 5.73 Å². The number of carbonyl (C=O) groups excluding carboxylic acids is 1. The Morgan fingerprint density at radius 3 is 2.75 bits per heavy atom. The molecule has 0 aliphatic rings. The molecule has 0 aromatic carbocycles. The predicted octanol–water partition coefficient (Wildman–Crippen LogP) is 1.42. The zero-order chi connectivity index (χ0) is 15.2. The Morgan fingerprint density at radius 2 is 2.25 bits per heavy atom. The number of aromatic nitrogens is 2. The molecule has 1 rings (SSSR count). The zero-order valence-electron chi connectivity index (χ0n) is 11.0. The Kier molecular flexibility index (Phi) is 5.81. The van der Waals surface area contributed by atoms with Crippen molar-refractivity contribution in [1.29, 1.82) is 0 Å². The summed E-state index contributed by atoms with van der Waals surface area (Å²) in [7, 11) is 0. The molecular weight excluding hydrogens is 277 g/mol. The van der Waals surface area contributed by atoms with Gasteiger partial charge in [0.25, 0.3) is 5.91 Å². The van der Waals surface area contributed by atoms with Crippen LogP contribution in [-0.2, 0) is 4.74 Å². The monoisotopic (exact) mass is 294 g/mol. The third-order valence-electron chi connectivity index (χ3n) is 2.46. The molecular formula is C11H17F3N4O2. The summed E-state index contributed by atoms with van der Waals surface area (Å²) >= 11 is 0. The maximum absolute atomic E-state index is 12.5. The van der Waals surface area contributed by atoms with Crippen LogP contribution in [0.25, 0.3) is 0 Å². The van der Waals surface area contributed by atoms with Gasteiger partial charge in [-0.05, 0) is 13.3 Å². The van der Waals surface area contributed by atoms with Crippen LogP contribution in [0.5, 0.6) is 0 Å². The molecule has 1 amide bonds. The molecule has 3 N–H and O–H groups in total. The van der Waals surface area contributed by atoms with Crippen LogP contribution in [-0.4, -0.2) is 53.5 Å². The first-order valence-electron chi connectivity index (χ1n) is 6.07. The lowest BCUT2D eigenvalue weighted by Crippen LogP contribution is -2.40. The number of ether oxygens (including phenoxy) is 1. The quantitative estimate of drug-likeness (QED) is 0.745. The van der Waals surface area contributed by atoms with Crippen LogP contribution in [0, 0.1) is 0 Å². The first-order chi connectivity index (χ1) is 9.35. The van der Waals surface area contributed by atoms with Crippen LogP contribution in [0.15, 0.2) is 6.20 Å². The van der Waals surface area contributed by atoms with Crippen LogP contribution >= 0.6 is 0 Å². The number of H-pyrrole nitrogens is 1. The van der Waals surface area contributed by atoms with E-state index >= 15 is 0 Å². The van der Waals surface area contributed by atoms with Crippen LogP contribution in [0.2, 0.25) is 0 Å². The Morgan fingerprint density at radius 1 is 1.55 bits per heavy atom. The molecule has 1 heterocycles. The lowest BCUT2D eigenvalue weighted by molar-refractivity contribution is -0.141. The van der Waals surface area contributed by atoms with E-state index in [4.69, 9.17) is 10.5 Å². The molecule has 0 unspecified atom stereocenters. The SMILES string of the molecule is CCOCCCN(CC(F)(F)F)C(=O)c1[nH]ncc1N. The van der Waals surface area contributed by atoms with Crippen molar-refractivity contribution in [3.8, 4) is 0 Å². The molecule has 0 aliphatic heterocycles. The first-order valence-corrected chi connectivity index (χ1v) is 6.07. The Labute approximate surface area is 114 Å². The number of alkyl halides is 3. The fourth-order valence-corrected chi connectivity index (χ4v) is 1.60. The van der Waals surface area contributed by atoms with E-state index in [1.807, 2.05) is 0 Å². The number of aromatic amines is 1. The fraction of sp³-hybridized carbons (Fsp3) is 0.636. The second-order valence-electron chi connectivity index (χ2n) is 4.09. The summed E-state index contributed by atoms with van der Waals surface area (Å²) in [6.07, 6.45) is -2.99. The van der Waals surface area contributed by atoms with E-state index in [1.165, 1.54) is 6.20 Å². The molecule has 0 bridgehead atoms. The van der Waals surface area contributed by atoms with Crippen molar-refractivity contribution in [2.75, 3.05) is 32.0 Å². The normalized spacial score (nSPS) is 11.6. The number of hydrogen-bond donors (Lipinski definition) is 2. The van der Waals surface area contributed by atoms with E-state index in [1.54, 1.807) is 6.92 Å². The van der Waals surface area contributed by atoms with E-state index in [2.05, 4.69) is 10.2 Å². The predicted molar refractivity (Wildman–Crippen MR) is 66.1 cm³/mol. The Bertz CT molecular complexity index is 434. The highest BCUT2D eigenvalue weighted by Gasteiger charge is 2.34. The highest BCUT2D eigenvalue weighted by molar-refractivity contribution is 5.97. The topological polar surface area (TPSA) is 84.2 Å². The van der Waals surface area contributed by atoms with Gasteiger partial charge in [0.1, 0.15) is 12.2 Å². The number of halogens is 3. The van der Waals surface area contributed by atoms with Gasteiger partial charge in [-0.1, -0.05) is 0 Å². The number of nitrogens with two attached hydrogens (primary N) is 1. The van der Waals surface area contributed by atoms with Crippen LogP contribution in [0.4, 0.5) is 18.9 Å². The summed E-state index contributed by atoms with van der Waals surface area (Å²) in [6, 6.07) is 0. The molecule has 20 heavy (non-hydrogen) atoms. The van der Waals surface area contributed by atoms with Crippen LogP contribution in [0.1, 0.15) is 23.8 Å². The first kappa shape index (κ1) is 16.3. The molecule has 1 aromatic rings. The minimum atomic E-state index is -4.48. The second kappa shape index (κ2) is 7.13. The summed E-state index contributed by atoms with van der Waals surface area (Å²) in [5.74, 6) is -0.825. The Hall–Kier alpha value is -1.77. The summed E-state index contributed by atoms with van der Waals surface area (Å²) in [5, 5.41) is 5.84. The molecule has 0 saturated carbocycles. The summed E-state index contributed by atoms with van der Waals surface area (Å²) in [6.45, 7) is 1.13. The number of rotatable bonds is 7. The molecule has 0 radical (unpaired) electrons. The minimum absolute atomic E-state index is 0.0204. The highest BCUT2D eigenvalue weighted by atomic mass is 19.4. The smallest absolute Gasteiger partial charge is 0.396 e. The van der Waals surface area contributed by atoms with Gasteiger partial charge >= 0.3 is 6.18 Å². The van der Waals surface area contributed by atoms with E-state index in [-0.39, 0.29) is 24.5 Å². The van der Waals surface area contributed by atoms with Crippen molar-refractivity contribution in [1.82, 2.24) is 15.1 Å². The summed E-state index contributed by atoms with van der Waals surface area (Å²) < 4.78 is 42.5. The third-order valence-corrected chi connectivity index (χ3v) is 2.46. The maximum atomic E-state index is 12.5. The number of nitrogens with one attached hydrogen (secondary N) is 1. The van der Waals surface area contributed by atoms with Crippen molar-refractivity contribution in [2.24, 2.45) is 0 Å². The van der Waals surface area contributed by atoms with Crippen molar-refractivity contribution < 1.29 is 22.7 Å².